The lowest BCUT2D eigenvalue weighted by molar-refractivity contribution is -0.0306. The molecule has 0 aromatic carbocycles. The summed E-state index contributed by atoms with van der Waals surface area (Å²) in [5.74, 6) is 1.81. The standard InChI is InChI=1S/C14H27N3O2/c1-6-14(7-2,18-5)13-16-12(19-17-13)9-11(15)8-10(3)4/h10-11H,6-9,15H2,1-5H3. The van der Waals surface area contributed by atoms with E-state index >= 15 is 0 Å². The molecule has 0 aliphatic rings. The van der Waals surface area contributed by atoms with Gasteiger partial charge in [-0.15, -0.1) is 0 Å². The Bertz CT molecular complexity index is 364. The van der Waals surface area contributed by atoms with E-state index in [1.807, 2.05) is 0 Å². The van der Waals surface area contributed by atoms with Gasteiger partial charge >= 0.3 is 0 Å². The predicted octanol–water partition coefficient (Wildman–Crippen LogP) is 2.65. The van der Waals surface area contributed by atoms with Gasteiger partial charge in [-0.1, -0.05) is 32.9 Å². The van der Waals surface area contributed by atoms with Gasteiger partial charge in [0.1, 0.15) is 5.60 Å². The van der Waals surface area contributed by atoms with E-state index in [0.29, 0.717) is 24.1 Å². The van der Waals surface area contributed by atoms with Crippen LogP contribution in [0.1, 0.15) is 58.7 Å². The summed E-state index contributed by atoms with van der Waals surface area (Å²) < 4.78 is 10.9. The normalized spacial score (nSPS) is 14.1. The van der Waals surface area contributed by atoms with Crippen LogP contribution in [0.25, 0.3) is 0 Å². The number of rotatable bonds is 8. The van der Waals surface area contributed by atoms with Gasteiger partial charge < -0.3 is 15.0 Å². The van der Waals surface area contributed by atoms with Crippen LogP contribution in [0.4, 0.5) is 0 Å². The predicted molar refractivity (Wildman–Crippen MR) is 74.7 cm³/mol. The van der Waals surface area contributed by atoms with Crippen molar-refractivity contribution < 1.29 is 9.26 Å². The van der Waals surface area contributed by atoms with Crippen molar-refractivity contribution in [3.05, 3.63) is 11.7 Å². The van der Waals surface area contributed by atoms with Gasteiger partial charge in [0.05, 0.1) is 0 Å². The molecule has 1 aromatic rings. The highest BCUT2D eigenvalue weighted by atomic mass is 16.5. The zero-order valence-corrected chi connectivity index (χ0v) is 12.8. The number of methoxy groups -OCH3 is 1. The fourth-order valence-electron chi connectivity index (χ4n) is 2.38. The van der Waals surface area contributed by atoms with Gasteiger partial charge in [-0.25, -0.2) is 0 Å². The van der Waals surface area contributed by atoms with Gasteiger partial charge in [-0.05, 0) is 25.2 Å². The van der Waals surface area contributed by atoms with Crippen LogP contribution < -0.4 is 5.73 Å². The van der Waals surface area contributed by atoms with E-state index < -0.39 is 5.60 Å². The topological polar surface area (TPSA) is 74.2 Å². The molecule has 2 N–H and O–H groups in total. The zero-order valence-electron chi connectivity index (χ0n) is 12.8. The Labute approximate surface area is 115 Å². The van der Waals surface area contributed by atoms with Gasteiger partial charge in [-0.2, -0.15) is 4.98 Å². The second kappa shape index (κ2) is 7.01. The fraction of sp³-hybridized carbons (Fsp3) is 0.857. The molecule has 19 heavy (non-hydrogen) atoms. The van der Waals surface area contributed by atoms with E-state index in [2.05, 4.69) is 37.8 Å². The van der Waals surface area contributed by atoms with Crippen LogP contribution in [0.5, 0.6) is 0 Å². The smallest absolute Gasteiger partial charge is 0.228 e. The van der Waals surface area contributed by atoms with Gasteiger partial charge in [-0.3, -0.25) is 0 Å². The summed E-state index contributed by atoms with van der Waals surface area (Å²) in [6.45, 7) is 8.44. The number of aromatic nitrogens is 2. The van der Waals surface area contributed by atoms with Crippen molar-refractivity contribution in [1.29, 1.82) is 0 Å². The molecule has 0 bridgehead atoms. The van der Waals surface area contributed by atoms with E-state index in [-0.39, 0.29) is 6.04 Å². The first-order valence-corrected chi connectivity index (χ1v) is 7.11. The van der Waals surface area contributed by atoms with Crippen LogP contribution in [0.15, 0.2) is 4.52 Å². The second-order valence-electron chi connectivity index (χ2n) is 5.51. The average molecular weight is 269 g/mol. The van der Waals surface area contributed by atoms with Crippen LogP contribution in [0.3, 0.4) is 0 Å². The molecule has 0 amide bonds. The van der Waals surface area contributed by atoms with Crippen molar-refractivity contribution in [3.63, 3.8) is 0 Å². The zero-order chi connectivity index (χ0) is 14.5. The first-order valence-electron chi connectivity index (χ1n) is 7.11. The van der Waals surface area contributed by atoms with Crippen LogP contribution >= 0.6 is 0 Å². The molecule has 0 aliphatic heterocycles. The van der Waals surface area contributed by atoms with Crippen molar-refractivity contribution in [2.45, 2.75) is 65.0 Å². The molecule has 5 nitrogen and oxygen atoms in total. The summed E-state index contributed by atoms with van der Waals surface area (Å²) in [7, 11) is 1.69. The number of ether oxygens (including phenoxy) is 1. The summed E-state index contributed by atoms with van der Waals surface area (Å²) in [6, 6.07) is 0.0634. The molecular weight excluding hydrogens is 242 g/mol. The lowest BCUT2D eigenvalue weighted by Gasteiger charge is -2.25. The van der Waals surface area contributed by atoms with Crippen molar-refractivity contribution >= 4 is 0 Å². The van der Waals surface area contributed by atoms with Crippen LogP contribution in [0.2, 0.25) is 0 Å². The highest BCUT2D eigenvalue weighted by molar-refractivity contribution is 5.01. The molecule has 0 radical (unpaired) electrons. The van der Waals surface area contributed by atoms with E-state index in [4.69, 9.17) is 15.0 Å². The molecule has 5 heteroatoms. The summed E-state index contributed by atoms with van der Waals surface area (Å²) in [4.78, 5) is 4.46. The Morgan fingerprint density at radius 3 is 2.42 bits per heavy atom. The van der Waals surface area contributed by atoms with Crippen molar-refractivity contribution in [1.82, 2.24) is 10.1 Å². The fourth-order valence-corrected chi connectivity index (χ4v) is 2.38. The van der Waals surface area contributed by atoms with Crippen LogP contribution in [0, 0.1) is 5.92 Å². The van der Waals surface area contributed by atoms with Gasteiger partial charge in [0.2, 0.25) is 11.7 Å². The quantitative estimate of drug-likeness (QED) is 0.785. The Morgan fingerprint density at radius 2 is 1.95 bits per heavy atom. The molecule has 0 spiro atoms. The van der Waals surface area contributed by atoms with Crippen molar-refractivity contribution in [2.75, 3.05) is 7.11 Å². The number of nitrogens with two attached hydrogens (primary N) is 1. The Balaban J connectivity index is 2.76. The third-order valence-electron chi connectivity index (χ3n) is 3.62. The SMILES string of the molecule is CCC(CC)(OC)c1noc(CC(N)CC(C)C)n1. The largest absolute Gasteiger partial charge is 0.370 e. The van der Waals surface area contributed by atoms with Gasteiger partial charge in [0.15, 0.2) is 0 Å². The number of hydrogen-bond acceptors (Lipinski definition) is 5. The third kappa shape index (κ3) is 4.01. The number of nitrogens with zero attached hydrogens (tertiary/aromatic N) is 2. The summed E-state index contributed by atoms with van der Waals surface area (Å²) >= 11 is 0. The van der Waals surface area contributed by atoms with Crippen molar-refractivity contribution in [3.8, 4) is 0 Å². The summed E-state index contributed by atoms with van der Waals surface area (Å²) in [6.07, 6.45) is 3.21. The minimum absolute atomic E-state index is 0.0634. The Hall–Kier alpha value is -0.940. The van der Waals surface area contributed by atoms with Crippen LogP contribution in [-0.4, -0.2) is 23.3 Å². The van der Waals surface area contributed by atoms with Gasteiger partial charge in [0.25, 0.3) is 0 Å². The summed E-state index contributed by atoms with van der Waals surface area (Å²) in [5, 5.41) is 4.07. The lowest BCUT2D eigenvalue weighted by atomic mass is 9.96. The molecular formula is C14H27N3O2. The first-order chi connectivity index (χ1) is 8.97. The molecule has 1 heterocycles. The highest BCUT2D eigenvalue weighted by Gasteiger charge is 2.33. The van der Waals surface area contributed by atoms with Gasteiger partial charge in [0, 0.05) is 19.6 Å². The van der Waals surface area contributed by atoms with E-state index in [1.165, 1.54) is 0 Å². The Kier molecular flexibility index (Phi) is 5.94. The highest BCUT2D eigenvalue weighted by Crippen LogP contribution is 2.30. The summed E-state index contributed by atoms with van der Waals surface area (Å²) in [5.41, 5.74) is 5.62. The monoisotopic (exact) mass is 269 g/mol. The lowest BCUT2D eigenvalue weighted by Crippen LogP contribution is -2.28. The molecule has 0 saturated heterocycles. The second-order valence-corrected chi connectivity index (χ2v) is 5.51. The minimum Gasteiger partial charge on any atom is -0.370 e. The molecule has 0 saturated carbocycles. The maximum Gasteiger partial charge on any atom is 0.228 e. The molecule has 1 atom stereocenters. The third-order valence-corrected chi connectivity index (χ3v) is 3.62. The maximum atomic E-state index is 6.06. The van der Waals surface area contributed by atoms with Crippen molar-refractivity contribution in [2.24, 2.45) is 11.7 Å². The number of hydrogen-bond donors (Lipinski definition) is 1. The molecule has 110 valence electrons. The maximum absolute atomic E-state index is 6.06. The average Bonchev–Trinajstić information content (AvgIpc) is 2.80. The Morgan fingerprint density at radius 1 is 1.32 bits per heavy atom. The molecule has 1 rings (SSSR count). The van der Waals surface area contributed by atoms with E-state index in [0.717, 1.165) is 19.3 Å². The molecule has 1 aromatic heterocycles. The molecule has 0 fully saturated rings. The first kappa shape index (κ1) is 16.1. The van der Waals surface area contributed by atoms with Crippen LogP contribution in [-0.2, 0) is 16.8 Å². The van der Waals surface area contributed by atoms with E-state index in [1.54, 1.807) is 7.11 Å². The molecule has 0 aliphatic carbocycles. The minimum atomic E-state index is -0.441. The van der Waals surface area contributed by atoms with E-state index in [9.17, 15) is 0 Å². The molecule has 1 unspecified atom stereocenters.